The molecule has 147 heavy (non-hydrogen) atoms. The zero-order valence-corrected chi connectivity index (χ0v) is 86.6. The van der Waals surface area contributed by atoms with E-state index in [0.29, 0.717) is 16.5 Å². The number of benzene rings is 2. The van der Waals surface area contributed by atoms with E-state index in [4.69, 9.17) is 44.8 Å². The Hall–Kier alpha value is -12.2. The number of esters is 7. The fraction of sp³-hybridized carbons (Fsp3) is 0.634. The van der Waals surface area contributed by atoms with E-state index in [9.17, 15) is 92.3 Å². The van der Waals surface area contributed by atoms with Gasteiger partial charge in [-0.3, -0.25) is 135 Å². The summed E-state index contributed by atoms with van der Waals surface area (Å²) in [5.41, 5.74) is 1.13. The molecule has 15 N–H and O–H groups in total. The maximum Gasteiger partial charge on any atom is 0.323 e. The van der Waals surface area contributed by atoms with Crippen molar-refractivity contribution in [1.82, 2.24) is 102 Å². The van der Waals surface area contributed by atoms with Crippen molar-refractivity contribution in [3.63, 3.8) is 0 Å². The fourth-order valence-corrected chi connectivity index (χ4v) is 19.4. The number of aliphatic hydroxyl groups excluding tert-OH is 1. The van der Waals surface area contributed by atoms with Crippen molar-refractivity contribution in [2.24, 2.45) is 5.92 Å². The van der Waals surface area contributed by atoms with E-state index < -0.39 is 249 Å². The highest BCUT2D eigenvalue weighted by Crippen LogP contribution is 2.29. The van der Waals surface area contributed by atoms with E-state index in [-0.39, 0.29) is 198 Å². The summed E-state index contributed by atoms with van der Waals surface area (Å²) in [4.78, 5) is 299. The number of phenols is 1. The van der Waals surface area contributed by atoms with Crippen LogP contribution in [0.25, 0.3) is 10.9 Å². The fourth-order valence-electron chi connectivity index (χ4n) is 16.8. The molecule has 0 aliphatic carbocycles. The number of aliphatic hydroxyl groups is 1. The average Bonchev–Trinajstić information content (AvgIpc) is 1.71. The third-order valence-electron chi connectivity index (χ3n) is 25.1. The highest BCUT2D eigenvalue weighted by molar-refractivity contribution is 8.76. The minimum atomic E-state index is -1.99. The van der Waals surface area contributed by atoms with E-state index in [0.717, 1.165) is 40.7 Å². The summed E-state index contributed by atoms with van der Waals surface area (Å²) in [7, 11) is 11.3. The molecule has 4 aliphatic rings. The van der Waals surface area contributed by atoms with Crippen LogP contribution in [0.15, 0.2) is 48.7 Å². The minimum Gasteiger partial charge on any atom is -0.506 e. The molecule has 5 heterocycles. The SMILES string of the molecule is CNC(=O)[C@@H]1CSSC[C@H](NC(=O)[C@@H](CCC(=O)O)NC(=O)[C@H](Cc2c[nH]c3ccccc23)NC(=O)C(CNC(=O)CCC(C(=O)OC)N2CCN(CC(=O)OC)CCN(CC(=O)O)CCN(CC(=O)OC)CC2)NC(=O)CCC(C(=O)OC)N2CCN(CC(=O)OC)CCN(CC(=O)OC)CCN(CC(=O)OC)CC2)C(=O)N2C[C@H](O)CC2C(=O)N[C@@H](Cc2ccc(O)c(Cl)c2)C(=O)NCC(=O)N[C@@H](CC(C)C)C(=O)N1. The van der Waals surface area contributed by atoms with Gasteiger partial charge in [0.25, 0.3) is 0 Å². The van der Waals surface area contributed by atoms with Gasteiger partial charge in [-0.1, -0.05) is 71.3 Å². The van der Waals surface area contributed by atoms with Crippen LogP contribution in [0.5, 0.6) is 5.75 Å². The number of ether oxygens (including phenoxy) is 7. The second-order valence-electron chi connectivity index (χ2n) is 35.9. The summed E-state index contributed by atoms with van der Waals surface area (Å²) >= 11 is 6.29. The molecule has 0 bridgehead atoms. The van der Waals surface area contributed by atoms with Gasteiger partial charge < -0.3 is 117 Å². The van der Waals surface area contributed by atoms with Gasteiger partial charge in [-0.05, 0) is 60.9 Å². The van der Waals surface area contributed by atoms with Gasteiger partial charge >= 0.3 is 53.7 Å². The summed E-state index contributed by atoms with van der Waals surface area (Å²) in [6.07, 6.45) is -4.74. The number of nitrogens with zero attached hydrogens (tertiary/aromatic N) is 9. The molecule has 4 unspecified atom stereocenters. The Labute approximate surface area is 863 Å². The predicted molar refractivity (Wildman–Crippen MR) is 529 cm³/mol. The molecule has 4 aliphatic heterocycles. The molecule has 11 atom stereocenters. The van der Waals surface area contributed by atoms with Crippen LogP contribution in [0.4, 0.5) is 0 Å². The number of hydrogen-bond donors (Lipinski definition) is 15. The molecule has 11 amide bonds. The minimum absolute atomic E-state index is 0.0132. The topological polar surface area (TPSA) is 652 Å². The first kappa shape index (κ1) is 122. The van der Waals surface area contributed by atoms with E-state index in [2.05, 4.69) is 58.2 Å². The maximum absolute atomic E-state index is 15.8. The molecule has 54 heteroatoms. The van der Waals surface area contributed by atoms with E-state index >= 15 is 24.0 Å². The Morgan fingerprint density at radius 3 is 1.48 bits per heavy atom. The maximum atomic E-state index is 15.8. The van der Waals surface area contributed by atoms with Gasteiger partial charge in [-0.25, -0.2) is 0 Å². The lowest BCUT2D eigenvalue weighted by Crippen LogP contribution is -2.61. The lowest BCUT2D eigenvalue weighted by Gasteiger charge is -2.36. The van der Waals surface area contributed by atoms with Crippen molar-refractivity contribution >= 4 is 163 Å². The number of rotatable bonds is 41. The van der Waals surface area contributed by atoms with E-state index in [1.807, 2.05) is 0 Å². The highest BCUT2D eigenvalue weighted by atomic mass is 35.5. The largest absolute Gasteiger partial charge is 0.506 e. The number of amides is 11. The molecule has 51 nitrogen and oxygen atoms in total. The van der Waals surface area contributed by atoms with E-state index in [1.165, 1.54) is 67.0 Å². The Morgan fingerprint density at radius 2 is 1.00 bits per heavy atom. The smallest absolute Gasteiger partial charge is 0.323 e. The monoisotopic (exact) mass is 2130 g/mol. The lowest BCUT2D eigenvalue weighted by atomic mass is 10.0. The summed E-state index contributed by atoms with van der Waals surface area (Å²) < 4.78 is 35.8. The number of carbonyl (C=O) groups excluding carboxylic acids is 18. The van der Waals surface area contributed by atoms with Crippen molar-refractivity contribution in [3.8, 4) is 5.75 Å². The molecular weight excluding hydrogens is 1990 g/mol. The molecular formula is C93H139ClN20O31S2. The number of carbonyl (C=O) groups is 20. The number of aliphatic carboxylic acids is 2. The first-order valence-electron chi connectivity index (χ1n) is 48.0. The Bertz CT molecular complexity index is 4940. The number of carboxylic acid groups (broad SMARTS) is 2. The third kappa shape index (κ3) is 41.5. The first-order chi connectivity index (χ1) is 70.1. The molecule has 0 saturated carbocycles. The first-order valence-corrected chi connectivity index (χ1v) is 50.8. The van der Waals surface area contributed by atoms with Gasteiger partial charge in [0.15, 0.2) is 0 Å². The summed E-state index contributed by atoms with van der Waals surface area (Å²) in [5, 5.41) is 68.2. The molecule has 816 valence electrons. The van der Waals surface area contributed by atoms with Crippen LogP contribution in [0.3, 0.4) is 0 Å². The quantitative estimate of drug-likeness (QED) is 0.0143. The second-order valence-corrected chi connectivity index (χ2v) is 38.9. The number of aromatic nitrogens is 1. The van der Waals surface area contributed by atoms with Crippen molar-refractivity contribution in [1.29, 1.82) is 0 Å². The van der Waals surface area contributed by atoms with Gasteiger partial charge in [0.2, 0.25) is 65.0 Å². The number of likely N-dealkylation sites (N-methyl/N-ethyl adjacent to an activating group) is 1. The second kappa shape index (κ2) is 62.8. The van der Waals surface area contributed by atoms with Gasteiger partial charge in [0.1, 0.15) is 66.2 Å². The van der Waals surface area contributed by atoms with Gasteiger partial charge in [0.05, 0.1) is 107 Å². The molecule has 0 radical (unpaired) electrons. The molecule has 0 spiro atoms. The molecule has 2 aromatic carbocycles. The van der Waals surface area contributed by atoms with Crippen molar-refractivity contribution in [2.75, 3.05) is 232 Å². The number of para-hydroxylation sites is 1. The number of fused-ring (bicyclic) bond motifs is 2. The summed E-state index contributed by atoms with van der Waals surface area (Å²) in [6, 6.07) is -5.48. The normalized spacial score (nSPS) is 20.7. The van der Waals surface area contributed by atoms with Crippen LogP contribution in [0, 0.1) is 5.92 Å². The number of methoxy groups -OCH3 is 7. The molecule has 4 saturated heterocycles. The number of hydrogen-bond acceptors (Lipinski definition) is 39. The summed E-state index contributed by atoms with van der Waals surface area (Å²) in [6.45, 7) is 1.07. The predicted octanol–water partition coefficient (Wildman–Crippen LogP) is -6.01. The Balaban J connectivity index is 1.29. The number of aromatic hydroxyl groups is 1. The molecule has 3 aromatic rings. The highest BCUT2D eigenvalue weighted by Gasteiger charge is 2.45. The number of phenolic OH excluding ortho intramolecular Hbond substituents is 1. The summed E-state index contributed by atoms with van der Waals surface area (Å²) in [5.74, 6) is -19.7. The average molecular weight is 2130 g/mol. The number of H-pyrrole nitrogens is 1. The van der Waals surface area contributed by atoms with E-state index in [1.54, 1.807) is 77.3 Å². The van der Waals surface area contributed by atoms with Crippen LogP contribution < -0.4 is 53.2 Å². The van der Waals surface area contributed by atoms with Crippen LogP contribution >= 0.6 is 33.2 Å². The Kier molecular flexibility index (Phi) is 52.0. The van der Waals surface area contributed by atoms with Gasteiger partial charge in [-0.2, -0.15) is 0 Å². The Morgan fingerprint density at radius 1 is 0.517 bits per heavy atom. The third-order valence-corrected chi connectivity index (χ3v) is 27.8. The van der Waals surface area contributed by atoms with Crippen LogP contribution in [0.2, 0.25) is 5.02 Å². The number of carboxylic acids is 2. The lowest BCUT2D eigenvalue weighted by molar-refractivity contribution is -0.149. The van der Waals surface area contributed by atoms with Crippen molar-refractivity contribution < 1.29 is 149 Å². The van der Waals surface area contributed by atoms with Crippen molar-refractivity contribution in [3.05, 3.63) is 64.8 Å². The van der Waals surface area contributed by atoms with Gasteiger partial charge in [0, 0.05) is 192 Å². The molecule has 1 aromatic heterocycles. The number of halogens is 1. The molecule has 4 fully saturated rings. The number of aromatic amines is 1. The van der Waals surface area contributed by atoms with Crippen LogP contribution in [0.1, 0.15) is 76.3 Å². The van der Waals surface area contributed by atoms with Crippen LogP contribution in [-0.4, -0.2) is 487 Å². The molecule has 7 rings (SSSR count). The van der Waals surface area contributed by atoms with Gasteiger partial charge in [-0.15, -0.1) is 0 Å². The standard InChI is InChI=1S/C93H139ClN20O31S2/c1-56(2)39-64-87(132)104-68(84(129)95-3)54-146-147-55-69(91(136)114-47-59(115)43-72(114)90(135)103-65(85(130)98-46-76(119)99-64)41-57-15-19-73(116)61(94)40-57)105-86(131)63(16-22-77(120)121)101-88(133)66(42-58-44-96-62-14-12-11-13-60(58)62)102-89(134)67(45-97-74(117)20-17-70(92(137)144-9)112-35-31-108(50-80(125)140-5)25-23-106(48-78(122)123)24-26-109(32-36-112)51-81(126)141-6)100-75(118)21-18-71(93(138)145-10)113-37-33-110(52-82(127)142-7)29-27-107(49-79(124)139-4)28-30-111(34-38-113)53-83(128)143-8/h11-15,19,40,44,56,59,63-72,96,115-116H,16-18,20-39,41-43,45-55H2,1-10H3,(H,95,129)(H,97,117)(H,98,130)(H,99,119)(H,100,118)(H,101,133)(H,102,134)(H,103,135)(H,104,132)(H,105,131)(H,120,121)(H,122,123)/t59-,63-,64+,65+,66+,67?,68+,69+,70?,71?,72?/m1/s1. The van der Waals surface area contributed by atoms with Crippen LogP contribution in [-0.2, 0) is 142 Å². The zero-order chi connectivity index (χ0) is 108. The van der Waals surface area contributed by atoms with Crippen molar-refractivity contribution in [2.45, 2.75) is 145 Å². The zero-order valence-electron chi connectivity index (χ0n) is 84.2. The number of nitrogens with one attached hydrogen (secondary N) is 11.